The van der Waals surface area contributed by atoms with Gasteiger partial charge in [0.15, 0.2) is 0 Å². The third-order valence-electron chi connectivity index (χ3n) is 4.95. The average Bonchev–Trinajstić information content (AvgIpc) is 2.46. The van der Waals surface area contributed by atoms with Gasteiger partial charge in [0.2, 0.25) is 0 Å². The zero-order valence-corrected chi connectivity index (χ0v) is 12.5. The lowest BCUT2D eigenvalue weighted by atomic mass is 9.69. The van der Waals surface area contributed by atoms with Crippen molar-refractivity contribution in [1.82, 2.24) is 4.98 Å². The number of fused-ring (bicyclic) bond motifs is 1. The Balaban J connectivity index is 2.05. The highest BCUT2D eigenvalue weighted by Gasteiger charge is 2.36. The van der Waals surface area contributed by atoms with Crippen LogP contribution in [0, 0.1) is 11.8 Å². The SMILES string of the molecule is CC(C)C1CCCC(N)(c2cccc3ncccc23)C1. The third-order valence-corrected chi connectivity index (χ3v) is 4.95. The minimum atomic E-state index is -0.185. The van der Waals surface area contributed by atoms with Gasteiger partial charge in [0, 0.05) is 17.1 Å². The predicted molar refractivity (Wildman–Crippen MR) is 84.4 cm³/mol. The molecule has 1 aliphatic rings. The van der Waals surface area contributed by atoms with Crippen molar-refractivity contribution >= 4 is 10.9 Å². The minimum Gasteiger partial charge on any atom is -0.321 e. The van der Waals surface area contributed by atoms with E-state index in [1.54, 1.807) is 0 Å². The second-order valence-electron chi connectivity index (χ2n) is 6.63. The molecule has 2 aromatic rings. The highest BCUT2D eigenvalue weighted by molar-refractivity contribution is 5.83. The van der Waals surface area contributed by atoms with Crippen LogP contribution in [0.3, 0.4) is 0 Å². The van der Waals surface area contributed by atoms with Crippen molar-refractivity contribution in [2.24, 2.45) is 17.6 Å². The fourth-order valence-electron chi connectivity index (χ4n) is 3.70. The summed E-state index contributed by atoms with van der Waals surface area (Å²) in [6.45, 7) is 4.64. The Morgan fingerprint density at radius 1 is 1.25 bits per heavy atom. The summed E-state index contributed by atoms with van der Waals surface area (Å²) in [5, 5.41) is 1.22. The van der Waals surface area contributed by atoms with E-state index >= 15 is 0 Å². The van der Waals surface area contributed by atoms with E-state index in [0.29, 0.717) is 5.92 Å². The van der Waals surface area contributed by atoms with Gasteiger partial charge in [0.05, 0.1) is 5.52 Å². The fraction of sp³-hybridized carbons (Fsp3) is 0.500. The first kappa shape index (κ1) is 13.6. The summed E-state index contributed by atoms with van der Waals surface area (Å²) < 4.78 is 0. The number of hydrogen-bond donors (Lipinski definition) is 1. The minimum absolute atomic E-state index is 0.185. The first-order valence-electron chi connectivity index (χ1n) is 7.73. The van der Waals surface area contributed by atoms with E-state index in [1.165, 1.54) is 23.8 Å². The number of benzene rings is 1. The maximum absolute atomic E-state index is 6.85. The summed E-state index contributed by atoms with van der Waals surface area (Å²) >= 11 is 0. The molecule has 1 heterocycles. The highest BCUT2D eigenvalue weighted by atomic mass is 14.8. The Labute approximate surface area is 121 Å². The lowest BCUT2D eigenvalue weighted by Crippen LogP contribution is -2.42. The van der Waals surface area contributed by atoms with E-state index in [9.17, 15) is 0 Å². The Morgan fingerprint density at radius 2 is 2.10 bits per heavy atom. The highest BCUT2D eigenvalue weighted by Crippen LogP contribution is 2.42. The molecule has 0 saturated heterocycles. The Kier molecular flexibility index (Phi) is 3.51. The van der Waals surface area contributed by atoms with Crippen molar-refractivity contribution in [2.45, 2.75) is 45.1 Å². The predicted octanol–water partition coefficient (Wildman–Crippen LogP) is 4.24. The molecule has 1 aliphatic carbocycles. The number of nitrogens with two attached hydrogens (primary N) is 1. The molecule has 106 valence electrons. The van der Waals surface area contributed by atoms with Crippen LogP contribution in [0.1, 0.15) is 45.1 Å². The molecular weight excluding hydrogens is 244 g/mol. The summed E-state index contributed by atoms with van der Waals surface area (Å²) in [5.41, 5.74) is 9.00. The van der Waals surface area contributed by atoms with Crippen molar-refractivity contribution < 1.29 is 0 Å². The van der Waals surface area contributed by atoms with Crippen LogP contribution in [0.5, 0.6) is 0 Å². The molecule has 0 radical (unpaired) electrons. The van der Waals surface area contributed by atoms with Crippen LogP contribution in [-0.2, 0) is 5.54 Å². The fourth-order valence-corrected chi connectivity index (χ4v) is 3.70. The molecule has 2 N–H and O–H groups in total. The van der Waals surface area contributed by atoms with E-state index in [4.69, 9.17) is 5.73 Å². The van der Waals surface area contributed by atoms with E-state index < -0.39 is 0 Å². The van der Waals surface area contributed by atoms with Crippen LogP contribution in [-0.4, -0.2) is 4.98 Å². The molecular formula is C18H24N2. The van der Waals surface area contributed by atoms with Gasteiger partial charge in [0.25, 0.3) is 0 Å². The second kappa shape index (κ2) is 5.17. The maximum atomic E-state index is 6.85. The number of rotatable bonds is 2. The van der Waals surface area contributed by atoms with Crippen molar-refractivity contribution in [3.63, 3.8) is 0 Å². The maximum Gasteiger partial charge on any atom is 0.0705 e. The largest absolute Gasteiger partial charge is 0.321 e. The van der Waals surface area contributed by atoms with Crippen molar-refractivity contribution in [2.75, 3.05) is 0 Å². The van der Waals surface area contributed by atoms with E-state index in [1.807, 2.05) is 12.3 Å². The van der Waals surface area contributed by atoms with Gasteiger partial charge >= 0.3 is 0 Å². The first-order valence-corrected chi connectivity index (χ1v) is 7.73. The van der Waals surface area contributed by atoms with E-state index in [2.05, 4.69) is 43.1 Å². The van der Waals surface area contributed by atoms with Crippen LogP contribution in [0.25, 0.3) is 10.9 Å². The lowest BCUT2D eigenvalue weighted by Gasteiger charge is -2.40. The van der Waals surface area contributed by atoms with Crippen LogP contribution >= 0.6 is 0 Å². The number of nitrogens with zero attached hydrogens (tertiary/aromatic N) is 1. The molecule has 2 nitrogen and oxygen atoms in total. The van der Waals surface area contributed by atoms with Crippen LogP contribution < -0.4 is 5.73 Å². The molecule has 0 aliphatic heterocycles. The van der Waals surface area contributed by atoms with Crippen LogP contribution in [0.2, 0.25) is 0 Å². The Hall–Kier alpha value is -1.41. The first-order chi connectivity index (χ1) is 9.60. The Morgan fingerprint density at radius 3 is 2.90 bits per heavy atom. The molecule has 0 amide bonds. The number of aromatic nitrogens is 1. The molecule has 3 rings (SSSR count). The van der Waals surface area contributed by atoms with Gasteiger partial charge < -0.3 is 5.73 Å². The van der Waals surface area contributed by atoms with Gasteiger partial charge in [-0.2, -0.15) is 0 Å². The molecule has 2 unspecified atom stereocenters. The lowest BCUT2D eigenvalue weighted by molar-refractivity contribution is 0.185. The number of pyridine rings is 1. The van der Waals surface area contributed by atoms with E-state index in [0.717, 1.165) is 24.3 Å². The molecule has 1 saturated carbocycles. The molecule has 1 fully saturated rings. The molecule has 20 heavy (non-hydrogen) atoms. The normalized spacial score (nSPS) is 27.1. The standard InChI is InChI=1S/C18H24N2/c1-13(2)14-6-4-10-18(19,12-14)16-8-3-9-17-15(16)7-5-11-20-17/h3,5,7-9,11,13-14H,4,6,10,12,19H2,1-2H3. The molecule has 2 heteroatoms. The topological polar surface area (TPSA) is 38.9 Å². The molecule has 1 aromatic heterocycles. The van der Waals surface area contributed by atoms with Gasteiger partial charge in [-0.1, -0.05) is 44.9 Å². The second-order valence-corrected chi connectivity index (χ2v) is 6.63. The van der Waals surface area contributed by atoms with Crippen LogP contribution in [0.15, 0.2) is 36.5 Å². The summed E-state index contributed by atoms with van der Waals surface area (Å²) in [7, 11) is 0. The third kappa shape index (κ3) is 2.33. The molecule has 0 bridgehead atoms. The molecule has 2 atom stereocenters. The average molecular weight is 268 g/mol. The van der Waals surface area contributed by atoms with Gasteiger partial charge in [-0.05, 0) is 42.4 Å². The van der Waals surface area contributed by atoms with E-state index in [-0.39, 0.29) is 5.54 Å². The van der Waals surface area contributed by atoms with Gasteiger partial charge in [0.1, 0.15) is 0 Å². The Bertz CT molecular complexity index is 600. The molecule has 1 aromatic carbocycles. The summed E-state index contributed by atoms with van der Waals surface area (Å²) in [5.74, 6) is 1.45. The zero-order chi connectivity index (χ0) is 14.2. The van der Waals surface area contributed by atoms with Gasteiger partial charge in [-0.15, -0.1) is 0 Å². The van der Waals surface area contributed by atoms with Gasteiger partial charge in [-0.25, -0.2) is 0 Å². The smallest absolute Gasteiger partial charge is 0.0705 e. The summed E-state index contributed by atoms with van der Waals surface area (Å²) in [4.78, 5) is 4.47. The van der Waals surface area contributed by atoms with Crippen molar-refractivity contribution in [1.29, 1.82) is 0 Å². The van der Waals surface area contributed by atoms with Gasteiger partial charge in [-0.3, -0.25) is 4.98 Å². The van der Waals surface area contributed by atoms with Crippen molar-refractivity contribution in [3.8, 4) is 0 Å². The quantitative estimate of drug-likeness (QED) is 0.885. The molecule has 0 spiro atoms. The van der Waals surface area contributed by atoms with Crippen LogP contribution in [0.4, 0.5) is 0 Å². The summed E-state index contributed by atoms with van der Waals surface area (Å²) in [6.07, 6.45) is 6.59. The monoisotopic (exact) mass is 268 g/mol. The van der Waals surface area contributed by atoms with Crippen molar-refractivity contribution in [3.05, 3.63) is 42.1 Å². The zero-order valence-electron chi connectivity index (χ0n) is 12.5. The number of hydrogen-bond acceptors (Lipinski definition) is 2. The summed E-state index contributed by atoms with van der Waals surface area (Å²) in [6, 6.07) is 10.5.